The van der Waals surface area contributed by atoms with E-state index >= 15 is 0 Å². The van der Waals surface area contributed by atoms with Gasteiger partial charge < -0.3 is 14.2 Å². The predicted molar refractivity (Wildman–Crippen MR) is 75.3 cm³/mol. The van der Waals surface area contributed by atoms with E-state index in [1.54, 1.807) is 26.4 Å². The molecule has 0 unspecified atom stereocenters. The van der Waals surface area contributed by atoms with E-state index in [4.69, 9.17) is 25.8 Å². The molecule has 100 valence electrons. The third-order valence-corrected chi connectivity index (χ3v) is 2.99. The van der Waals surface area contributed by atoms with Gasteiger partial charge in [0.15, 0.2) is 0 Å². The van der Waals surface area contributed by atoms with Crippen molar-refractivity contribution in [2.24, 2.45) is 0 Å². The molecule has 0 N–H and O–H groups in total. The van der Waals surface area contributed by atoms with Gasteiger partial charge in [-0.05, 0) is 29.8 Å². The van der Waals surface area contributed by atoms with Gasteiger partial charge >= 0.3 is 0 Å². The molecule has 2 aromatic rings. The lowest BCUT2D eigenvalue weighted by atomic mass is 10.2. The topological polar surface area (TPSA) is 27.7 Å². The van der Waals surface area contributed by atoms with Gasteiger partial charge in [-0.15, -0.1) is 0 Å². The quantitative estimate of drug-likeness (QED) is 0.829. The van der Waals surface area contributed by atoms with Crippen molar-refractivity contribution in [3.8, 4) is 17.2 Å². The minimum Gasteiger partial charge on any atom is -0.497 e. The number of hydrogen-bond acceptors (Lipinski definition) is 3. The zero-order chi connectivity index (χ0) is 13.7. The highest BCUT2D eigenvalue weighted by Gasteiger charge is 2.04. The molecule has 0 bridgehead atoms. The van der Waals surface area contributed by atoms with Crippen LogP contribution in [0.5, 0.6) is 17.2 Å². The zero-order valence-corrected chi connectivity index (χ0v) is 11.6. The fraction of sp³-hybridized carbons (Fsp3) is 0.200. The van der Waals surface area contributed by atoms with E-state index in [1.807, 2.05) is 30.3 Å². The van der Waals surface area contributed by atoms with Gasteiger partial charge in [0, 0.05) is 6.07 Å². The van der Waals surface area contributed by atoms with Crippen LogP contribution in [0.4, 0.5) is 0 Å². The Labute approximate surface area is 117 Å². The van der Waals surface area contributed by atoms with Crippen LogP contribution < -0.4 is 14.2 Å². The van der Waals surface area contributed by atoms with E-state index in [1.165, 1.54) is 0 Å². The molecule has 0 aliphatic carbocycles. The third kappa shape index (κ3) is 3.55. The minimum atomic E-state index is 0.454. The average molecular weight is 279 g/mol. The molecular formula is C15H15ClO3. The maximum atomic E-state index is 6.10. The summed E-state index contributed by atoms with van der Waals surface area (Å²) in [6.07, 6.45) is 0. The van der Waals surface area contributed by atoms with Gasteiger partial charge in [-0.1, -0.05) is 23.7 Å². The number of benzene rings is 2. The van der Waals surface area contributed by atoms with Gasteiger partial charge in [0.2, 0.25) is 0 Å². The Morgan fingerprint density at radius 2 is 1.53 bits per heavy atom. The maximum absolute atomic E-state index is 6.10. The highest BCUT2D eigenvalue weighted by molar-refractivity contribution is 6.32. The van der Waals surface area contributed by atoms with Crippen molar-refractivity contribution in [2.75, 3.05) is 14.2 Å². The lowest BCUT2D eigenvalue weighted by Crippen LogP contribution is -1.96. The molecular weight excluding hydrogens is 264 g/mol. The van der Waals surface area contributed by atoms with Crippen LogP contribution in [0.25, 0.3) is 0 Å². The summed E-state index contributed by atoms with van der Waals surface area (Å²) in [6, 6.07) is 13.0. The normalized spacial score (nSPS) is 10.1. The summed E-state index contributed by atoms with van der Waals surface area (Å²) in [7, 11) is 3.24. The average Bonchev–Trinajstić information content (AvgIpc) is 2.46. The molecule has 3 nitrogen and oxygen atoms in total. The molecule has 0 radical (unpaired) electrons. The Morgan fingerprint density at radius 3 is 2.11 bits per heavy atom. The first-order valence-corrected chi connectivity index (χ1v) is 6.20. The van der Waals surface area contributed by atoms with E-state index in [2.05, 4.69) is 0 Å². The smallest absolute Gasteiger partial charge is 0.138 e. The lowest BCUT2D eigenvalue weighted by Gasteiger charge is -2.09. The maximum Gasteiger partial charge on any atom is 0.138 e. The van der Waals surface area contributed by atoms with E-state index in [0.29, 0.717) is 23.1 Å². The van der Waals surface area contributed by atoms with Crippen LogP contribution in [0, 0.1) is 0 Å². The summed E-state index contributed by atoms with van der Waals surface area (Å²) in [5.74, 6) is 2.17. The highest BCUT2D eigenvalue weighted by Crippen LogP contribution is 2.29. The minimum absolute atomic E-state index is 0.454. The lowest BCUT2D eigenvalue weighted by molar-refractivity contribution is 0.305. The Hall–Kier alpha value is -1.87. The van der Waals surface area contributed by atoms with Crippen molar-refractivity contribution in [3.05, 3.63) is 53.1 Å². The van der Waals surface area contributed by atoms with Gasteiger partial charge in [0.25, 0.3) is 0 Å². The molecule has 0 spiro atoms. The SMILES string of the molecule is COc1ccc(COc2ccc(OC)cc2Cl)cc1. The number of halogens is 1. The second-order valence-electron chi connectivity index (χ2n) is 3.93. The molecule has 0 aliphatic rings. The summed E-state index contributed by atoms with van der Waals surface area (Å²) in [6.45, 7) is 0.454. The molecule has 0 aliphatic heterocycles. The van der Waals surface area contributed by atoms with Crippen LogP contribution in [-0.2, 0) is 6.61 Å². The number of hydrogen-bond donors (Lipinski definition) is 0. The van der Waals surface area contributed by atoms with Crippen molar-refractivity contribution in [1.29, 1.82) is 0 Å². The van der Waals surface area contributed by atoms with Gasteiger partial charge in [0.05, 0.1) is 19.2 Å². The molecule has 0 amide bonds. The molecule has 0 saturated heterocycles. The third-order valence-electron chi connectivity index (χ3n) is 2.69. The molecule has 0 aromatic heterocycles. The van der Waals surface area contributed by atoms with Crippen molar-refractivity contribution in [2.45, 2.75) is 6.61 Å². The van der Waals surface area contributed by atoms with Crippen LogP contribution in [0.1, 0.15) is 5.56 Å². The van der Waals surface area contributed by atoms with Crippen LogP contribution in [0.2, 0.25) is 5.02 Å². The van der Waals surface area contributed by atoms with Gasteiger partial charge in [-0.3, -0.25) is 0 Å². The molecule has 0 saturated carbocycles. The fourth-order valence-corrected chi connectivity index (χ4v) is 1.83. The second-order valence-corrected chi connectivity index (χ2v) is 4.34. The molecule has 2 rings (SSSR count). The second kappa shape index (κ2) is 6.34. The summed E-state index contributed by atoms with van der Waals surface area (Å²) in [5.41, 5.74) is 1.05. The molecule has 0 fully saturated rings. The van der Waals surface area contributed by atoms with Crippen molar-refractivity contribution in [3.63, 3.8) is 0 Å². The first kappa shape index (κ1) is 13.6. The van der Waals surface area contributed by atoms with Crippen LogP contribution in [0.15, 0.2) is 42.5 Å². The zero-order valence-electron chi connectivity index (χ0n) is 10.9. The Morgan fingerprint density at radius 1 is 0.895 bits per heavy atom. The summed E-state index contributed by atoms with van der Waals surface area (Å²) in [5, 5.41) is 0.535. The van der Waals surface area contributed by atoms with Crippen LogP contribution >= 0.6 is 11.6 Å². The van der Waals surface area contributed by atoms with Crippen molar-refractivity contribution in [1.82, 2.24) is 0 Å². The van der Waals surface area contributed by atoms with Crippen molar-refractivity contribution >= 4 is 11.6 Å². The number of rotatable bonds is 5. The first-order chi connectivity index (χ1) is 9.22. The molecule has 0 atom stereocenters. The Balaban J connectivity index is 2.01. The number of methoxy groups -OCH3 is 2. The van der Waals surface area contributed by atoms with Crippen LogP contribution in [-0.4, -0.2) is 14.2 Å². The van der Waals surface area contributed by atoms with E-state index in [9.17, 15) is 0 Å². The highest BCUT2D eigenvalue weighted by atomic mass is 35.5. The Kier molecular flexibility index (Phi) is 4.53. The largest absolute Gasteiger partial charge is 0.497 e. The van der Waals surface area contributed by atoms with E-state index in [-0.39, 0.29) is 0 Å². The van der Waals surface area contributed by atoms with E-state index in [0.717, 1.165) is 11.3 Å². The summed E-state index contributed by atoms with van der Waals surface area (Å²) >= 11 is 6.10. The van der Waals surface area contributed by atoms with Crippen molar-refractivity contribution < 1.29 is 14.2 Å². The molecule has 19 heavy (non-hydrogen) atoms. The van der Waals surface area contributed by atoms with Crippen LogP contribution in [0.3, 0.4) is 0 Å². The Bertz CT molecular complexity index is 538. The van der Waals surface area contributed by atoms with Gasteiger partial charge in [0.1, 0.15) is 23.9 Å². The summed E-state index contributed by atoms with van der Waals surface area (Å²) < 4.78 is 15.9. The standard InChI is InChI=1S/C15H15ClO3/c1-17-12-5-3-11(4-6-12)10-19-15-8-7-13(18-2)9-14(15)16/h3-9H,10H2,1-2H3. The molecule has 2 aromatic carbocycles. The van der Waals surface area contributed by atoms with E-state index < -0.39 is 0 Å². The fourth-order valence-electron chi connectivity index (χ4n) is 1.61. The number of ether oxygens (including phenoxy) is 3. The monoisotopic (exact) mass is 278 g/mol. The summed E-state index contributed by atoms with van der Waals surface area (Å²) in [4.78, 5) is 0. The van der Waals surface area contributed by atoms with Gasteiger partial charge in [-0.25, -0.2) is 0 Å². The first-order valence-electron chi connectivity index (χ1n) is 5.82. The van der Waals surface area contributed by atoms with Gasteiger partial charge in [-0.2, -0.15) is 0 Å². The molecule has 0 heterocycles. The molecule has 4 heteroatoms. The predicted octanol–water partition coefficient (Wildman–Crippen LogP) is 3.94.